The van der Waals surface area contributed by atoms with Gasteiger partial charge in [-0.05, 0) is 31.4 Å². The molecule has 1 aromatic carbocycles. The van der Waals surface area contributed by atoms with Crippen LogP contribution in [-0.2, 0) is 0 Å². The van der Waals surface area contributed by atoms with E-state index in [2.05, 4.69) is 36.9 Å². The van der Waals surface area contributed by atoms with Crippen LogP contribution in [0.4, 0.5) is 11.4 Å². The third kappa shape index (κ3) is 6.04. The topological polar surface area (TPSA) is 48.7 Å². The summed E-state index contributed by atoms with van der Waals surface area (Å²) in [6.07, 6.45) is 6.91. The van der Waals surface area contributed by atoms with Crippen molar-refractivity contribution in [3.05, 3.63) is 18.2 Å². The number of anilines is 1. The Kier molecular flexibility index (Phi) is 9.28. The quantitative estimate of drug-likeness (QED) is 0.384. The molecule has 0 aliphatic heterocycles. The molecule has 22 heavy (non-hydrogen) atoms. The van der Waals surface area contributed by atoms with E-state index in [1.54, 1.807) is 0 Å². The summed E-state index contributed by atoms with van der Waals surface area (Å²) in [6, 6.07) is 6.01. The van der Waals surface area contributed by atoms with Gasteiger partial charge in [-0.25, -0.2) is 5.53 Å². The molecule has 0 aliphatic carbocycles. The van der Waals surface area contributed by atoms with Gasteiger partial charge in [-0.15, -0.1) is 0 Å². The lowest BCUT2D eigenvalue weighted by molar-refractivity contribution is 0.310. The fraction of sp³-hybridized carbons (Fsp3) is 0.667. The van der Waals surface area contributed by atoms with Crippen molar-refractivity contribution in [2.24, 2.45) is 5.11 Å². The molecule has 1 rings (SSSR count). The molecule has 0 atom stereocenters. The molecular formula is C18H31N3O. The van der Waals surface area contributed by atoms with E-state index in [9.17, 15) is 0 Å². The third-order valence-corrected chi connectivity index (χ3v) is 3.75. The van der Waals surface area contributed by atoms with Crippen molar-refractivity contribution in [1.29, 1.82) is 5.53 Å². The van der Waals surface area contributed by atoms with Gasteiger partial charge in [0.1, 0.15) is 11.4 Å². The first kappa shape index (κ1) is 18.5. The van der Waals surface area contributed by atoms with Gasteiger partial charge in [-0.2, -0.15) is 5.11 Å². The Morgan fingerprint density at radius 1 is 1.00 bits per heavy atom. The summed E-state index contributed by atoms with van der Waals surface area (Å²) < 4.78 is 5.83. The highest BCUT2D eigenvalue weighted by molar-refractivity contribution is 5.61. The number of unbranched alkanes of at least 4 members (excludes halogenated alkanes) is 3. The Labute approximate surface area is 135 Å². The van der Waals surface area contributed by atoms with Crippen LogP contribution in [0.2, 0.25) is 0 Å². The molecule has 0 unspecified atom stereocenters. The van der Waals surface area contributed by atoms with Crippen molar-refractivity contribution in [2.45, 2.75) is 59.3 Å². The first-order chi connectivity index (χ1) is 10.8. The molecule has 0 aromatic heterocycles. The van der Waals surface area contributed by atoms with Crippen molar-refractivity contribution in [3.63, 3.8) is 0 Å². The zero-order chi connectivity index (χ0) is 16.2. The fourth-order valence-electron chi connectivity index (χ4n) is 2.30. The number of nitrogens with zero attached hydrogens (tertiary/aromatic N) is 2. The minimum absolute atomic E-state index is 0.616. The van der Waals surface area contributed by atoms with E-state index in [4.69, 9.17) is 10.3 Å². The van der Waals surface area contributed by atoms with Crippen LogP contribution in [0, 0.1) is 5.53 Å². The average molecular weight is 305 g/mol. The largest absolute Gasteiger partial charge is 0.491 e. The Hall–Kier alpha value is -1.58. The normalized spacial score (nSPS) is 10.5. The molecule has 0 heterocycles. The van der Waals surface area contributed by atoms with E-state index in [0.29, 0.717) is 12.3 Å². The predicted octanol–water partition coefficient (Wildman–Crippen LogP) is 5.93. The summed E-state index contributed by atoms with van der Waals surface area (Å²) in [6.45, 7) is 9.42. The van der Waals surface area contributed by atoms with Crippen LogP contribution < -0.4 is 9.64 Å². The van der Waals surface area contributed by atoms with Gasteiger partial charge < -0.3 is 9.64 Å². The van der Waals surface area contributed by atoms with Gasteiger partial charge in [0.2, 0.25) is 0 Å². The van der Waals surface area contributed by atoms with Gasteiger partial charge in [0.15, 0.2) is 0 Å². The van der Waals surface area contributed by atoms with Gasteiger partial charge in [0.25, 0.3) is 0 Å². The lowest BCUT2D eigenvalue weighted by atomic mass is 10.2. The molecule has 0 aliphatic rings. The number of ether oxygens (including phenoxy) is 1. The molecule has 0 spiro atoms. The summed E-state index contributed by atoms with van der Waals surface area (Å²) in [5.41, 5.74) is 9.09. The fourth-order valence-corrected chi connectivity index (χ4v) is 2.30. The highest BCUT2D eigenvalue weighted by Crippen LogP contribution is 2.32. The lowest BCUT2D eigenvalue weighted by Crippen LogP contribution is -2.25. The maximum absolute atomic E-state index is 7.30. The van der Waals surface area contributed by atoms with Crippen LogP contribution in [-0.4, -0.2) is 19.7 Å². The molecule has 4 heteroatoms. The second-order valence-electron chi connectivity index (χ2n) is 5.66. The Morgan fingerprint density at radius 3 is 2.18 bits per heavy atom. The molecule has 0 saturated heterocycles. The van der Waals surface area contributed by atoms with Crippen LogP contribution >= 0.6 is 0 Å². The smallest absolute Gasteiger partial charge is 0.148 e. The zero-order valence-corrected chi connectivity index (χ0v) is 14.4. The van der Waals surface area contributed by atoms with Crippen molar-refractivity contribution >= 4 is 11.4 Å². The van der Waals surface area contributed by atoms with Gasteiger partial charge >= 0.3 is 0 Å². The van der Waals surface area contributed by atoms with E-state index in [1.165, 1.54) is 31.4 Å². The van der Waals surface area contributed by atoms with Gasteiger partial charge in [0, 0.05) is 24.8 Å². The van der Waals surface area contributed by atoms with Crippen molar-refractivity contribution in [2.75, 3.05) is 24.6 Å². The summed E-state index contributed by atoms with van der Waals surface area (Å²) in [5.74, 6) is 0.735. The SMILES string of the molecule is CCCCOc1cc(N(CCCC)CCCC)ccc1N=N. The highest BCUT2D eigenvalue weighted by Gasteiger charge is 2.10. The molecule has 4 nitrogen and oxygen atoms in total. The van der Waals surface area contributed by atoms with Crippen LogP contribution in [0.5, 0.6) is 5.75 Å². The second-order valence-corrected chi connectivity index (χ2v) is 5.66. The average Bonchev–Trinajstić information content (AvgIpc) is 2.55. The minimum atomic E-state index is 0.616. The van der Waals surface area contributed by atoms with Gasteiger partial charge in [-0.3, -0.25) is 0 Å². The standard InChI is InChI=1S/C18H31N3O/c1-4-7-12-21(13-8-5-2)16-10-11-17(20-19)18(15-16)22-14-9-6-3/h10-11,15,19H,4-9,12-14H2,1-3H3. The molecule has 1 aromatic rings. The highest BCUT2D eigenvalue weighted by atomic mass is 16.5. The van der Waals surface area contributed by atoms with Crippen molar-refractivity contribution in [1.82, 2.24) is 0 Å². The van der Waals surface area contributed by atoms with E-state index in [-0.39, 0.29) is 0 Å². The van der Waals surface area contributed by atoms with E-state index >= 15 is 0 Å². The van der Waals surface area contributed by atoms with Gasteiger partial charge in [-0.1, -0.05) is 40.0 Å². The number of hydrogen-bond donors (Lipinski definition) is 1. The zero-order valence-electron chi connectivity index (χ0n) is 14.4. The van der Waals surface area contributed by atoms with E-state index < -0.39 is 0 Å². The summed E-state index contributed by atoms with van der Waals surface area (Å²) in [7, 11) is 0. The molecule has 0 bridgehead atoms. The van der Waals surface area contributed by atoms with Gasteiger partial charge in [0.05, 0.1) is 6.61 Å². The second kappa shape index (κ2) is 11.0. The minimum Gasteiger partial charge on any atom is -0.491 e. The molecule has 0 radical (unpaired) electrons. The third-order valence-electron chi connectivity index (χ3n) is 3.75. The van der Waals surface area contributed by atoms with E-state index in [0.717, 1.165) is 31.7 Å². The molecular weight excluding hydrogens is 274 g/mol. The Morgan fingerprint density at radius 2 is 1.64 bits per heavy atom. The molecule has 0 saturated carbocycles. The van der Waals surface area contributed by atoms with E-state index in [1.807, 2.05) is 12.1 Å². The monoisotopic (exact) mass is 305 g/mol. The van der Waals surface area contributed by atoms with Crippen LogP contribution in [0.25, 0.3) is 0 Å². The van der Waals surface area contributed by atoms with Crippen LogP contribution in [0.3, 0.4) is 0 Å². The number of benzene rings is 1. The molecule has 0 amide bonds. The van der Waals surface area contributed by atoms with Crippen molar-refractivity contribution < 1.29 is 4.74 Å². The maximum atomic E-state index is 7.30. The van der Waals surface area contributed by atoms with Crippen LogP contribution in [0.1, 0.15) is 59.3 Å². The predicted molar refractivity (Wildman–Crippen MR) is 93.7 cm³/mol. The van der Waals surface area contributed by atoms with Crippen LogP contribution in [0.15, 0.2) is 23.3 Å². The number of nitrogens with one attached hydrogen (secondary N) is 1. The summed E-state index contributed by atoms with van der Waals surface area (Å²) in [4.78, 5) is 2.42. The Bertz CT molecular complexity index is 426. The molecule has 1 N–H and O–H groups in total. The van der Waals surface area contributed by atoms with Crippen molar-refractivity contribution in [3.8, 4) is 5.75 Å². The number of hydrogen-bond acceptors (Lipinski definition) is 4. The first-order valence-corrected chi connectivity index (χ1v) is 8.66. The number of rotatable bonds is 12. The first-order valence-electron chi connectivity index (χ1n) is 8.66. The maximum Gasteiger partial charge on any atom is 0.148 e. The lowest BCUT2D eigenvalue weighted by Gasteiger charge is -2.25. The molecule has 0 fully saturated rings. The molecule has 124 valence electrons. The Balaban J connectivity index is 2.88. The summed E-state index contributed by atoms with van der Waals surface area (Å²) >= 11 is 0. The summed E-state index contributed by atoms with van der Waals surface area (Å²) in [5, 5.41) is 3.58.